The lowest BCUT2D eigenvalue weighted by atomic mass is 10.0. The highest BCUT2D eigenvalue weighted by Crippen LogP contribution is 2.28. The minimum absolute atomic E-state index is 0.0282. The Morgan fingerprint density at radius 3 is 2.12 bits per heavy atom. The van der Waals surface area contributed by atoms with Gasteiger partial charge in [0, 0.05) is 29.8 Å². The summed E-state index contributed by atoms with van der Waals surface area (Å²) in [5.74, 6) is -0.0282. The van der Waals surface area contributed by atoms with E-state index in [4.69, 9.17) is 16.7 Å². The second-order valence-corrected chi connectivity index (χ2v) is 8.99. The van der Waals surface area contributed by atoms with Gasteiger partial charge in [-0.15, -0.1) is 0 Å². The molecule has 1 heterocycles. The zero-order chi connectivity index (χ0) is 23.9. The summed E-state index contributed by atoms with van der Waals surface area (Å²) < 4.78 is 0. The van der Waals surface area contributed by atoms with Gasteiger partial charge < -0.3 is 10.0 Å². The molecule has 0 unspecified atom stereocenters. The normalized spacial score (nSPS) is 13.0. The fourth-order valence-corrected chi connectivity index (χ4v) is 4.08. The number of hydrogen-bond donors (Lipinski definition) is 1. The second kappa shape index (κ2) is 15.6. The van der Waals surface area contributed by atoms with E-state index in [0.717, 1.165) is 28.9 Å². The average molecular weight is 471 g/mol. The van der Waals surface area contributed by atoms with E-state index in [0.29, 0.717) is 11.6 Å². The minimum Gasteiger partial charge on any atom is -0.396 e. The first kappa shape index (κ1) is 27.1. The third-order valence-corrected chi connectivity index (χ3v) is 6.12. The van der Waals surface area contributed by atoms with Crippen LogP contribution in [0.4, 0.5) is 5.69 Å². The molecule has 180 valence electrons. The van der Waals surface area contributed by atoms with Crippen molar-refractivity contribution < 1.29 is 9.90 Å². The molecule has 5 heteroatoms. The van der Waals surface area contributed by atoms with E-state index in [1.165, 1.54) is 57.8 Å². The standard InChI is InChI=1S/C16H13ClN2O.C12H26O/c1-19-14-8-7-12(17)9-13(14)16(18-10-15(19)20)11-5-3-2-4-6-11;1-2-3-4-5-6-7-8-9-10-11-12-13/h2-9H,10H2,1H3;13H,2-12H2,1H3. The van der Waals surface area contributed by atoms with Crippen LogP contribution in [-0.2, 0) is 4.79 Å². The average Bonchev–Trinajstić information content (AvgIpc) is 2.95. The van der Waals surface area contributed by atoms with E-state index in [1.54, 1.807) is 18.0 Å². The molecule has 2 aromatic rings. The van der Waals surface area contributed by atoms with Crippen molar-refractivity contribution in [3.8, 4) is 0 Å². The van der Waals surface area contributed by atoms with Crippen LogP contribution in [0, 0.1) is 0 Å². The molecule has 3 rings (SSSR count). The number of rotatable bonds is 11. The van der Waals surface area contributed by atoms with E-state index < -0.39 is 0 Å². The molecule has 1 aliphatic heterocycles. The Morgan fingerprint density at radius 2 is 1.52 bits per heavy atom. The zero-order valence-electron chi connectivity index (χ0n) is 20.2. The molecule has 33 heavy (non-hydrogen) atoms. The monoisotopic (exact) mass is 470 g/mol. The molecule has 0 radical (unpaired) electrons. The summed E-state index contributed by atoms with van der Waals surface area (Å²) in [6.07, 6.45) is 13.3. The Hall–Kier alpha value is -2.17. The van der Waals surface area contributed by atoms with Gasteiger partial charge in [0.15, 0.2) is 0 Å². The predicted octanol–water partition coefficient (Wildman–Crippen LogP) is 7.05. The highest BCUT2D eigenvalue weighted by Gasteiger charge is 2.22. The van der Waals surface area contributed by atoms with E-state index in [1.807, 2.05) is 42.5 Å². The number of aliphatic hydroxyl groups is 1. The number of carbonyl (C=O) groups excluding carboxylic acids is 1. The Bertz CT molecular complexity index is 857. The predicted molar refractivity (Wildman–Crippen MR) is 141 cm³/mol. The van der Waals surface area contributed by atoms with Crippen LogP contribution in [0.3, 0.4) is 0 Å². The number of amides is 1. The van der Waals surface area contributed by atoms with Crippen molar-refractivity contribution in [3.63, 3.8) is 0 Å². The van der Waals surface area contributed by atoms with E-state index in [2.05, 4.69) is 11.9 Å². The maximum absolute atomic E-state index is 12.0. The van der Waals surface area contributed by atoms with Gasteiger partial charge in [-0.2, -0.15) is 0 Å². The summed E-state index contributed by atoms with van der Waals surface area (Å²) in [5, 5.41) is 9.20. The van der Waals surface area contributed by atoms with Gasteiger partial charge >= 0.3 is 0 Å². The number of benzodiazepines with no additional fused rings is 1. The number of aliphatic hydroxyl groups excluding tert-OH is 1. The quantitative estimate of drug-likeness (QED) is 0.357. The van der Waals surface area contributed by atoms with Gasteiger partial charge in [0.2, 0.25) is 5.91 Å². The van der Waals surface area contributed by atoms with Gasteiger partial charge in [-0.05, 0) is 24.6 Å². The largest absolute Gasteiger partial charge is 0.396 e. The van der Waals surface area contributed by atoms with Crippen LogP contribution in [-0.4, -0.2) is 36.9 Å². The van der Waals surface area contributed by atoms with Crippen molar-refractivity contribution in [3.05, 3.63) is 64.7 Å². The molecule has 2 aromatic carbocycles. The lowest BCUT2D eigenvalue weighted by Gasteiger charge is -2.18. The van der Waals surface area contributed by atoms with Gasteiger partial charge in [0.1, 0.15) is 6.54 Å². The fraction of sp³-hybridized carbons (Fsp3) is 0.500. The molecule has 1 amide bonds. The Balaban J connectivity index is 0.000000260. The molecule has 0 atom stereocenters. The van der Waals surface area contributed by atoms with Gasteiger partial charge in [-0.3, -0.25) is 9.79 Å². The van der Waals surface area contributed by atoms with Crippen molar-refractivity contribution in [1.29, 1.82) is 0 Å². The summed E-state index contributed by atoms with van der Waals surface area (Å²) in [5.41, 5.74) is 3.51. The third kappa shape index (κ3) is 9.30. The highest BCUT2D eigenvalue weighted by molar-refractivity contribution is 6.32. The summed E-state index contributed by atoms with van der Waals surface area (Å²) >= 11 is 6.11. The van der Waals surface area contributed by atoms with Gasteiger partial charge in [0.25, 0.3) is 0 Å². The maximum Gasteiger partial charge on any atom is 0.248 e. The molecule has 1 aliphatic rings. The summed E-state index contributed by atoms with van der Waals surface area (Å²) in [4.78, 5) is 18.1. The number of fused-ring (bicyclic) bond motifs is 1. The maximum atomic E-state index is 12.0. The molecule has 0 spiro atoms. The number of likely N-dealkylation sites (N-methyl/N-ethyl adjacent to an activating group) is 1. The molecule has 0 aromatic heterocycles. The zero-order valence-corrected chi connectivity index (χ0v) is 21.0. The third-order valence-electron chi connectivity index (χ3n) is 5.88. The Labute approximate surface area is 204 Å². The molecule has 1 N–H and O–H groups in total. The molecule has 4 nitrogen and oxygen atoms in total. The first-order valence-electron chi connectivity index (χ1n) is 12.4. The Kier molecular flexibility index (Phi) is 12.8. The molecule has 0 aliphatic carbocycles. The number of unbranched alkanes of at least 4 members (excludes halogenated alkanes) is 9. The van der Waals surface area contributed by atoms with E-state index in [9.17, 15) is 4.79 Å². The smallest absolute Gasteiger partial charge is 0.248 e. The molecular formula is C28H39ClN2O2. The van der Waals surface area contributed by atoms with Crippen molar-refractivity contribution in [2.24, 2.45) is 4.99 Å². The van der Waals surface area contributed by atoms with Crippen molar-refractivity contribution >= 4 is 28.9 Å². The number of halogens is 1. The summed E-state index contributed by atoms with van der Waals surface area (Å²) in [6, 6.07) is 15.3. The Morgan fingerprint density at radius 1 is 0.909 bits per heavy atom. The molecular weight excluding hydrogens is 432 g/mol. The van der Waals surface area contributed by atoms with E-state index in [-0.39, 0.29) is 12.5 Å². The van der Waals surface area contributed by atoms with Crippen molar-refractivity contribution in [2.75, 3.05) is 25.1 Å². The SMILES string of the molecule is CCCCCCCCCCCCO.CN1C(=O)CN=C(c2ccccc2)c2cc(Cl)ccc21. The van der Waals surface area contributed by atoms with Crippen LogP contribution in [0.2, 0.25) is 5.02 Å². The van der Waals surface area contributed by atoms with Crippen LogP contribution >= 0.6 is 11.6 Å². The van der Waals surface area contributed by atoms with Gasteiger partial charge in [0.05, 0.1) is 11.4 Å². The van der Waals surface area contributed by atoms with Crippen LogP contribution in [0.5, 0.6) is 0 Å². The molecule has 0 saturated heterocycles. The lowest BCUT2D eigenvalue weighted by Crippen LogP contribution is -2.27. The number of anilines is 1. The van der Waals surface area contributed by atoms with Crippen LogP contribution in [0.25, 0.3) is 0 Å². The van der Waals surface area contributed by atoms with Crippen LogP contribution in [0.1, 0.15) is 82.3 Å². The number of benzene rings is 2. The number of aliphatic imine (C=N–C) groups is 1. The first-order chi connectivity index (χ1) is 16.1. The van der Waals surface area contributed by atoms with Crippen LogP contribution in [0.15, 0.2) is 53.5 Å². The van der Waals surface area contributed by atoms with Crippen molar-refractivity contribution in [1.82, 2.24) is 0 Å². The van der Waals surface area contributed by atoms with E-state index >= 15 is 0 Å². The number of nitrogens with zero attached hydrogens (tertiary/aromatic N) is 2. The summed E-state index contributed by atoms with van der Waals surface area (Å²) in [6.45, 7) is 2.78. The fourth-order valence-electron chi connectivity index (χ4n) is 3.90. The first-order valence-corrected chi connectivity index (χ1v) is 12.7. The second-order valence-electron chi connectivity index (χ2n) is 8.55. The van der Waals surface area contributed by atoms with Gasteiger partial charge in [-0.25, -0.2) is 0 Å². The molecule has 0 fully saturated rings. The number of hydrogen-bond acceptors (Lipinski definition) is 3. The number of carbonyl (C=O) groups is 1. The highest BCUT2D eigenvalue weighted by atomic mass is 35.5. The van der Waals surface area contributed by atoms with Crippen LogP contribution < -0.4 is 4.90 Å². The molecule has 0 saturated carbocycles. The summed E-state index contributed by atoms with van der Waals surface area (Å²) in [7, 11) is 1.76. The lowest BCUT2D eigenvalue weighted by molar-refractivity contribution is -0.116. The van der Waals surface area contributed by atoms with Gasteiger partial charge in [-0.1, -0.05) is 107 Å². The van der Waals surface area contributed by atoms with Crippen molar-refractivity contribution in [2.45, 2.75) is 71.1 Å². The topological polar surface area (TPSA) is 52.9 Å². The minimum atomic E-state index is -0.0282. The molecule has 0 bridgehead atoms.